The van der Waals surface area contributed by atoms with Gasteiger partial charge in [0.15, 0.2) is 0 Å². The van der Waals surface area contributed by atoms with Gasteiger partial charge in [0.05, 0.1) is 13.2 Å². The number of ether oxygens (including phenoxy) is 1. The molecule has 0 saturated carbocycles. The molecule has 0 spiro atoms. The van der Waals surface area contributed by atoms with Gasteiger partial charge in [-0.1, -0.05) is 11.6 Å². The number of carbonyl (C=O) groups is 1. The molecule has 2 aromatic rings. The van der Waals surface area contributed by atoms with E-state index in [1.54, 1.807) is 23.1 Å². The van der Waals surface area contributed by atoms with Crippen LogP contribution in [0.4, 0.5) is 0 Å². The van der Waals surface area contributed by atoms with E-state index in [0.29, 0.717) is 24.7 Å². The molecule has 0 saturated heterocycles. The number of rotatable bonds is 3. The highest BCUT2D eigenvalue weighted by Crippen LogP contribution is 2.26. The Morgan fingerprint density at radius 1 is 1.43 bits per heavy atom. The zero-order valence-corrected chi connectivity index (χ0v) is 13.9. The molecule has 1 aliphatic heterocycles. The van der Waals surface area contributed by atoms with Gasteiger partial charge < -0.3 is 14.7 Å². The van der Waals surface area contributed by atoms with E-state index in [0.717, 1.165) is 21.8 Å². The van der Waals surface area contributed by atoms with Crippen molar-refractivity contribution in [2.24, 2.45) is 0 Å². The number of fused-ring (bicyclic) bond motifs is 1. The number of carbonyl (C=O) groups excluding carboxylic acids is 1. The van der Waals surface area contributed by atoms with Crippen LogP contribution in [0, 0.1) is 0 Å². The fourth-order valence-corrected chi connectivity index (χ4v) is 3.37. The number of hydrogen-bond acceptors (Lipinski definition) is 4. The van der Waals surface area contributed by atoms with Gasteiger partial charge >= 0.3 is 0 Å². The summed E-state index contributed by atoms with van der Waals surface area (Å²) in [6, 6.07) is 7.32. The predicted octanol–water partition coefficient (Wildman–Crippen LogP) is 3.33. The Kier molecular flexibility index (Phi) is 5.00. The first-order chi connectivity index (χ1) is 11.2. The Balaban J connectivity index is 1.72. The van der Waals surface area contributed by atoms with E-state index in [-0.39, 0.29) is 12.5 Å². The minimum atomic E-state index is -0.0691. The maximum absolute atomic E-state index is 12.4. The number of benzene rings is 1. The van der Waals surface area contributed by atoms with Crippen molar-refractivity contribution in [2.75, 3.05) is 13.2 Å². The SMILES string of the molecule is O=C(/C=C/c1cc(CO)cs1)N1CCOc2ccc(Cl)cc2C1. The normalized spacial score (nSPS) is 14.4. The second kappa shape index (κ2) is 7.17. The topological polar surface area (TPSA) is 49.8 Å². The van der Waals surface area contributed by atoms with Crippen LogP contribution < -0.4 is 4.74 Å². The molecule has 0 bridgehead atoms. The standard InChI is InChI=1S/C17H16ClNO3S/c18-14-1-3-16-13(8-14)9-19(5-6-22-16)17(21)4-2-15-7-12(10-20)11-23-15/h1-4,7-8,11,20H,5-6,9-10H2/b4-2+. The summed E-state index contributed by atoms with van der Waals surface area (Å²) in [6.07, 6.45) is 3.33. The zero-order chi connectivity index (χ0) is 16.2. The first kappa shape index (κ1) is 16.1. The van der Waals surface area contributed by atoms with Crippen LogP contribution in [0.15, 0.2) is 35.7 Å². The van der Waals surface area contributed by atoms with Crippen LogP contribution in [-0.4, -0.2) is 29.1 Å². The third kappa shape index (κ3) is 3.93. The first-order valence-corrected chi connectivity index (χ1v) is 8.48. The number of aliphatic hydroxyl groups is 1. The van der Waals surface area contributed by atoms with Gasteiger partial charge in [-0.25, -0.2) is 0 Å². The molecule has 0 radical (unpaired) electrons. The Bertz CT molecular complexity index is 741. The number of aliphatic hydroxyl groups excluding tert-OH is 1. The summed E-state index contributed by atoms with van der Waals surface area (Å²) in [5, 5.41) is 11.6. The van der Waals surface area contributed by atoms with Gasteiger partial charge in [-0.3, -0.25) is 4.79 Å². The minimum Gasteiger partial charge on any atom is -0.491 e. The maximum atomic E-state index is 12.4. The molecular formula is C17H16ClNO3S. The zero-order valence-electron chi connectivity index (χ0n) is 12.4. The Hall–Kier alpha value is -1.82. The second-order valence-electron chi connectivity index (χ2n) is 5.21. The molecule has 0 atom stereocenters. The van der Waals surface area contributed by atoms with Gasteiger partial charge in [0.25, 0.3) is 0 Å². The summed E-state index contributed by atoms with van der Waals surface area (Å²) in [5.41, 5.74) is 1.77. The van der Waals surface area contributed by atoms with E-state index < -0.39 is 0 Å². The molecule has 4 nitrogen and oxygen atoms in total. The summed E-state index contributed by atoms with van der Waals surface area (Å²) in [7, 11) is 0. The van der Waals surface area contributed by atoms with E-state index in [4.69, 9.17) is 21.4 Å². The molecular weight excluding hydrogens is 334 g/mol. The first-order valence-electron chi connectivity index (χ1n) is 7.22. The van der Waals surface area contributed by atoms with Crippen molar-refractivity contribution in [1.82, 2.24) is 4.90 Å². The van der Waals surface area contributed by atoms with Gasteiger partial charge in [-0.2, -0.15) is 0 Å². The Morgan fingerprint density at radius 2 is 2.30 bits per heavy atom. The average molecular weight is 350 g/mol. The summed E-state index contributed by atoms with van der Waals surface area (Å²) < 4.78 is 5.66. The van der Waals surface area contributed by atoms with Crippen molar-refractivity contribution < 1.29 is 14.6 Å². The number of amides is 1. The molecule has 0 aliphatic carbocycles. The van der Waals surface area contributed by atoms with Crippen LogP contribution in [-0.2, 0) is 17.9 Å². The van der Waals surface area contributed by atoms with Crippen molar-refractivity contribution in [1.29, 1.82) is 0 Å². The van der Waals surface area contributed by atoms with Gasteiger partial charge in [0, 0.05) is 28.1 Å². The third-order valence-corrected chi connectivity index (χ3v) is 4.74. The minimum absolute atomic E-state index is 0.0132. The van der Waals surface area contributed by atoms with E-state index >= 15 is 0 Å². The van der Waals surface area contributed by atoms with Crippen LogP contribution >= 0.6 is 22.9 Å². The van der Waals surface area contributed by atoms with Crippen LogP contribution in [0.3, 0.4) is 0 Å². The fourth-order valence-electron chi connectivity index (χ4n) is 2.37. The fraction of sp³-hybridized carbons (Fsp3) is 0.235. The quantitative estimate of drug-likeness (QED) is 0.865. The average Bonchev–Trinajstić information content (AvgIpc) is 2.91. The highest BCUT2D eigenvalue weighted by Gasteiger charge is 2.18. The summed E-state index contributed by atoms with van der Waals surface area (Å²) in [5.74, 6) is 0.708. The van der Waals surface area contributed by atoms with Crippen LogP contribution in [0.5, 0.6) is 5.75 Å². The highest BCUT2D eigenvalue weighted by atomic mass is 35.5. The molecule has 3 rings (SSSR count). The molecule has 23 heavy (non-hydrogen) atoms. The predicted molar refractivity (Wildman–Crippen MR) is 91.6 cm³/mol. The van der Waals surface area contributed by atoms with Crippen molar-refractivity contribution in [2.45, 2.75) is 13.2 Å². The largest absolute Gasteiger partial charge is 0.491 e. The molecule has 0 unspecified atom stereocenters. The van der Waals surface area contributed by atoms with E-state index in [2.05, 4.69) is 0 Å². The van der Waals surface area contributed by atoms with Crippen molar-refractivity contribution in [3.8, 4) is 5.75 Å². The summed E-state index contributed by atoms with van der Waals surface area (Å²) in [6.45, 7) is 1.48. The molecule has 2 heterocycles. The van der Waals surface area contributed by atoms with Crippen molar-refractivity contribution in [3.63, 3.8) is 0 Å². The molecule has 1 amide bonds. The summed E-state index contributed by atoms with van der Waals surface area (Å²) in [4.78, 5) is 15.1. The van der Waals surface area contributed by atoms with Crippen molar-refractivity contribution in [3.05, 3.63) is 56.7 Å². The molecule has 1 aliphatic rings. The van der Waals surface area contributed by atoms with E-state index in [1.807, 2.05) is 23.6 Å². The monoisotopic (exact) mass is 349 g/mol. The number of thiophene rings is 1. The molecule has 120 valence electrons. The molecule has 1 N–H and O–H groups in total. The lowest BCUT2D eigenvalue weighted by Gasteiger charge is -2.17. The molecule has 1 aromatic carbocycles. The number of halogens is 1. The van der Waals surface area contributed by atoms with E-state index in [9.17, 15) is 4.79 Å². The lowest BCUT2D eigenvalue weighted by atomic mass is 10.2. The number of nitrogens with zero attached hydrogens (tertiary/aromatic N) is 1. The van der Waals surface area contributed by atoms with Crippen molar-refractivity contribution >= 4 is 34.9 Å². The second-order valence-corrected chi connectivity index (χ2v) is 6.59. The Labute approximate surface area is 143 Å². The smallest absolute Gasteiger partial charge is 0.247 e. The van der Waals surface area contributed by atoms with Crippen LogP contribution in [0.1, 0.15) is 16.0 Å². The van der Waals surface area contributed by atoms with Gasteiger partial charge in [0.2, 0.25) is 5.91 Å². The van der Waals surface area contributed by atoms with Crippen LogP contribution in [0.2, 0.25) is 5.02 Å². The van der Waals surface area contributed by atoms with Gasteiger partial charge in [-0.15, -0.1) is 11.3 Å². The molecule has 6 heteroatoms. The lowest BCUT2D eigenvalue weighted by molar-refractivity contribution is -0.126. The Morgan fingerprint density at radius 3 is 3.09 bits per heavy atom. The highest BCUT2D eigenvalue weighted by molar-refractivity contribution is 7.11. The van der Waals surface area contributed by atoms with Gasteiger partial charge in [-0.05, 0) is 41.3 Å². The molecule has 1 aromatic heterocycles. The number of hydrogen-bond donors (Lipinski definition) is 1. The third-order valence-electron chi connectivity index (χ3n) is 3.56. The maximum Gasteiger partial charge on any atom is 0.247 e. The lowest BCUT2D eigenvalue weighted by Crippen LogP contribution is -2.30. The van der Waals surface area contributed by atoms with Gasteiger partial charge in [0.1, 0.15) is 12.4 Å². The summed E-state index contributed by atoms with van der Waals surface area (Å²) >= 11 is 7.52. The van der Waals surface area contributed by atoms with E-state index in [1.165, 1.54) is 11.3 Å². The van der Waals surface area contributed by atoms with Crippen LogP contribution in [0.25, 0.3) is 6.08 Å². The molecule has 0 fully saturated rings.